The molecule has 0 aromatic heterocycles. The lowest BCUT2D eigenvalue weighted by Crippen LogP contribution is -2.47. The molecule has 96 valence electrons. The number of carbonyl (C=O) groups is 2. The summed E-state index contributed by atoms with van der Waals surface area (Å²) in [6.45, 7) is 4.81. The van der Waals surface area contributed by atoms with Crippen LogP contribution in [0.25, 0.3) is 0 Å². The van der Waals surface area contributed by atoms with E-state index < -0.39 is 5.97 Å². The number of nitrogens with zero attached hydrogens (tertiary/aromatic N) is 1. The van der Waals surface area contributed by atoms with Crippen LogP contribution in [0.2, 0.25) is 0 Å². The summed E-state index contributed by atoms with van der Waals surface area (Å²) in [6, 6.07) is 0. The van der Waals surface area contributed by atoms with Crippen LogP contribution in [0.4, 0.5) is 0 Å². The Hall–Kier alpha value is -1.10. The fraction of sp³-hybridized carbons (Fsp3) is 0.833. The Morgan fingerprint density at radius 2 is 2.00 bits per heavy atom. The molecule has 1 unspecified atom stereocenters. The zero-order valence-corrected chi connectivity index (χ0v) is 10.2. The highest BCUT2D eigenvalue weighted by molar-refractivity contribution is 5.83. The van der Waals surface area contributed by atoms with Crippen molar-refractivity contribution in [2.45, 2.75) is 26.2 Å². The monoisotopic (exact) mass is 240 g/mol. The highest BCUT2D eigenvalue weighted by atomic mass is 16.4. The second-order valence-electron chi connectivity index (χ2n) is 5.39. The third-order valence-electron chi connectivity index (χ3n) is 4.02. The largest absolute Gasteiger partial charge is 0.481 e. The number of piperidine rings is 1. The van der Waals surface area contributed by atoms with Gasteiger partial charge >= 0.3 is 5.97 Å². The van der Waals surface area contributed by atoms with Crippen LogP contribution in [0.1, 0.15) is 26.2 Å². The van der Waals surface area contributed by atoms with Crippen molar-refractivity contribution in [1.82, 2.24) is 10.2 Å². The van der Waals surface area contributed by atoms with Gasteiger partial charge < -0.3 is 15.3 Å². The summed E-state index contributed by atoms with van der Waals surface area (Å²) in [5, 5.41) is 12.1. The van der Waals surface area contributed by atoms with Gasteiger partial charge in [-0.05, 0) is 32.7 Å². The van der Waals surface area contributed by atoms with E-state index in [9.17, 15) is 9.59 Å². The predicted octanol–water partition coefficient (Wildman–Crippen LogP) is 0.309. The van der Waals surface area contributed by atoms with Crippen molar-refractivity contribution in [2.75, 3.05) is 26.2 Å². The van der Waals surface area contributed by atoms with E-state index in [1.54, 1.807) is 0 Å². The first-order valence-corrected chi connectivity index (χ1v) is 6.26. The molecule has 17 heavy (non-hydrogen) atoms. The van der Waals surface area contributed by atoms with Gasteiger partial charge in [0.25, 0.3) is 0 Å². The van der Waals surface area contributed by atoms with E-state index in [2.05, 4.69) is 5.32 Å². The number of carboxylic acids is 1. The SMILES string of the molecule is CC1(C(=O)N2CCC(C(=O)O)CC2)CCNC1. The van der Waals surface area contributed by atoms with Crippen molar-refractivity contribution in [1.29, 1.82) is 0 Å². The molecule has 2 fully saturated rings. The second-order valence-corrected chi connectivity index (χ2v) is 5.39. The second kappa shape index (κ2) is 4.64. The molecule has 0 aromatic carbocycles. The summed E-state index contributed by atoms with van der Waals surface area (Å²) in [4.78, 5) is 25.0. The van der Waals surface area contributed by atoms with Crippen LogP contribution in [0.3, 0.4) is 0 Å². The van der Waals surface area contributed by atoms with E-state index in [-0.39, 0.29) is 17.2 Å². The van der Waals surface area contributed by atoms with E-state index >= 15 is 0 Å². The molecule has 1 atom stereocenters. The van der Waals surface area contributed by atoms with E-state index in [1.807, 2.05) is 11.8 Å². The summed E-state index contributed by atoms with van der Waals surface area (Å²) in [7, 11) is 0. The van der Waals surface area contributed by atoms with Crippen LogP contribution in [-0.2, 0) is 9.59 Å². The first-order valence-electron chi connectivity index (χ1n) is 6.26. The minimum absolute atomic E-state index is 0.186. The minimum atomic E-state index is -0.731. The van der Waals surface area contributed by atoms with Crippen LogP contribution >= 0.6 is 0 Å². The number of nitrogens with one attached hydrogen (secondary N) is 1. The van der Waals surface area contributed by atoms with Crippen molar-refractivity contribution < 1.29 is 14.7 Å². The Morgan fingerprint density at radius 1 is 1.35 bits per heavy atom. The number of aliphatic carboxylic acids is 1. The average Bonchev–Trinajstić information content (AvgIpc) is 2.76. The van der Waals surface area contributed by atoms with Crippen molar-refractivity contribution >= 4 is 11.9 Å². The van der Waals surface area contributed by atoms with Crippen LogP contribution in [-0.4, -0.2) is 48.1 Å². The molecule has 0 aromatic rings. The number of carboxylic acid groups (broad SMARTS) is 1. The molecule has 2 aliphatic rings. The van der Waals surface area contributed by atoms with Gasteiger partial charge in [0.2, 0.25) is 5.91 Å². The van der Waals surface area contributed by atoms with Gasteiger partial charge in [0, 0.05) is 19.6 Å². The third kappa shape index (κ3) is 2.44. The molecule has 0 aliphatic carbocycles. The molecule has 0 bridgehead atoms. The van der Waals surface area contributed by atoms with Crippen LogP contribution in [0, 0.1) is 11.3 Å². The smallest absolute Gasteiger partial charge is 0.306 e. The maximum Gasteiger partial charge on any atom is 0.306 e. The van der Waals surface area contributed by atoms with E-state index in [1.165, 1.54) is 0 Å². The fourth-order valence-electron chi connectivity index (χ4n) is 2.71. The zero-order valence-electron chi connectivity index (χ0n) is 10.2. The lowest BCUT2D eigenvalue weighted by Gasteiger charge is -2.35. The Morgan fingerprint density at radius 3 is 2.47 bits per heavy atom. The molecule has 1 amide bonds. The lowest BCUT2D eigenvalue weighted by molar-refractivity contribution is -0.148. The van der Waals surface area contributed by atoms with E-state index in [0.29, 0.717) is 25.9 Å². The number of hydrogen-bond donors (Lipinski definition) is 2. The Bertz CT molecular complexity index is 316. The molecular weight excluding hydrogens is 220 g/mol. The molecule has 2 N–H and O–H groups in total. The summed E-state index contributed by atoms with van der Waals surface area (Å²) in [6.07, 6.45) is 2.06. The van der Waals surface area contributed by atoms with Gasteiger partial charge in [0.15, 0.2) is 0 Å². The molecule has 0 radical (unpaired) electrons. The van der Waals surface area contributed by atoms with Gasteiger partial charge in [0.1, 0.15) is 0 Å². The highest BCUT2D eigenvalue weighted by Gasteiger charge is 2.40. The predicted molar refractivity (Wildman–Crippen MR) is 62.5 cm³/mol. The van der Waals surface area contributed by atoms with Crippen molar-refractivity contribution in [3.05, 3.63) is 0 Å². The zero-order chi connectivity index (χ0) is 12.5. The van der Waals surface area contributed by atoms with Gasteiger partial charge in [-0.1, -0.05) is 0 Å². The quantitative estimate of drug-likeness (QED) is 0.729. The van der Waals surface area contributed by atoms with Gasteiger partial charge in [-0.3, -0.25) is 9.59 Å². The first kappa shape index (κ1) is 12.4. The number of hydrogen-bond acceptors (Lipinski definition) is 3. The maximum atomic E-state index is 12.3. The van der Waals surface area contributed by atoms with E-state index in [0.717, 1.165) is 19.5 Å². The third-order valence-corrected chi connectivity index (χ3v) is 4.02. The normalized spacial score (nSPS) is 30.5. The minimum Gasteiger partial charge on any atom is -0.481 e. The molecule has 2 heterocycles. The van der Waals surface area contributed by atoms with Crippen LogP contribution in [0.15, 0.2) is 0 Å². The lowest BCUT2D eigenvalue weighted by atomic mass is 9.86. The highest BCUT2D eigenvalue weighted by Crippen LogP contribution is 2.29. The fourth-order valence-corrected chi connectivity index (χ4v) is 2.71. The summed E-state index contributed by atoms with van der Waals surface area (Å²) < 4.78 is 0. The van der Waals surface area contributed by atoms with Crippen LogP contribution in [0.5, 0.6) is 0 Å². The summed E-state index contributed by atoms with van der Waals surface area (Å²) in [5.74, 6) is -0.814. The molecule has 2 saturated heterocycles. The number of carbonyl (C=O) groups excluding carboxylic acids is 1. The summed E-state index contributed by atoms with van der Waals surface area (Å²) >= 11 is 0. The number of amides is 1. The molecule has 2 aliphatic heterocycles. The molecular formula is C12H20N2O3. The number of rotatable bonds is 2. The Balaban J connectivity index is 1.92. The van der Waals surface area contributed by atoms with E-state index in [4.69, 9.17) is 5.11 Å². The Kier molecular flexibility index (Phi) is 3.38. The molecule has 0 saturated carbocycles. The standard InChI is InChI=1S/C12H20N2O3/c1-12(4-5-13-8-12)11(17)14-6-2-9(3-7-14)10(15)16/h9,13H,2-8H2,1H3,(H,15,16). The number of likely N-dealkylation sites (tertiary alicyclic amines) is 1. The maximum absolute atomic E-state index is 12.3. The molecule has 0 spiro atoms. The molecule has 2 rings (SSSR count). The van der Waals surface area contributed by atoms with Gasteiger partial charge in [-0.25, -0.2) is 0 Å². The Labute approximate surface area is 101 Å². The van der Waals surface area contributed by atoms with Crippen molar-refractivity contribution in [2.24, 2.45) is 11.3 Å². The topological polar surface area (TPSA) is 69.6 Å². The first-order chi connectivity index (χ1) is 8.03. The molecule has 5 heteroatoms. The van der Waals surface area contributed by atoms with Crippen molar-refractivity contribution in [3.63, 3.8) is 0 Å². The summed E-state index contributed by atoms with van der Waals surface area (Å²) in [5.41, 5.74) is -0.282. The van der Waals surface area contributed by atoms with Gasteiger partial charge in [-0.2, -0.15) is 0 Å². The van der Waals surface area contributed by atoms with Gasteiger partial charge in [0.05, 0.1) is 11.3 Å². The van der Waals surface area contributed by atoms with Crippen molar-refractivity contribution in [3.8, 4) is 0 Å². The molecule has 5 nitrogen and oxygen atoms in total. The average molecular weight is 240 g/mol. The van der Waals surface area contributed by atoms with Gasteiger partial charge in [-0.15, -0.1) is 0 Å². The van der Waals surface area contributed by atoms with Crippen LogP contribution < -0.4 is 5.32 Å².